The highest BCUT2D eigenvalue weighted by molar-refractivity contribution is 5.81. The van der Waals surface area contributed by atoms with Crippen molar-refractivity contribution in [1.82, 2.24) is 19.4 Å². The molecule has 6 heteroatoms. The third-order valence-corrected chi connectivity index (χ3v) is 4.20. The van der Waals surface area contributed by atoms with Gasteiger partial charge in [0, 0.05) is 26.2 Å². The van der Waals surface area contributed by atoms with Gasteiger partial charge in [0.1, 0.15) is 0 Å². The zero-order valence-electron chi connectivity index (χ0n) is 12.9. The molecular formula is C16H20N4O2. The van der Waals surface area contributed by atoms with E-state index >= 15 is 0 Å². The molecule has 1 aromatic heterocycles. The van der Waals surface area contributed by atoms with Crippen molar-refractivity contribution in [2.45, 2.75) is 13.1 Å². The third kappa shape index (κ3) is 2.67. The van der Waals surface area contributed by atoms with Crippen molar-refractivity contribution >= 4 is 16.7 Å². The quantitative estimate of drug-likeness (QED) is 0.836. The van der Waals surface area contributed by atoms with E-state index in [-0.39, 0.29) is 11.3 Å². The molecular weight excluding hydrogens is 280 g/mol. The van der Waals surface area contributed by atoms with E-state index in [1.807, 2.05) is 12.1 Å². The van der Waals surface area contributed by atoms with E-state index in [1.54, 1.807) is 12.1 Å². The number of ketones is 1. The molecule has 0 N–H and O–H groups in total. The first kappa shape index (κ1) is 14.9. The molecule has 1 fully saturated rings. The zero-order chi connectivity index (χ0) is 15.7. The SMILES string of the molecule is CC(=O)C(N1CCN(C)CC1)n1cnc2ccccc2c1=O. The van der Waals surface area contributed by atoms with Gasteiger partial charge < -0.3 is 4.90 Å². The smallest absolute Gasteiger partial charge is 0.262 e. The van der Waals surface area contributed by atoms with E-state index in [0.717, 1.165) is 26.2 Å². The lowest BCUT2D eigenvalue weighted by atomic mass is 10.2. The van der Waals surface area contributed by atoms with Crippen molar-refractivity contribution in [3.63, 3.8) is 0 Å². The summed E-state index contributed by atoms with van der Waals surface area (Å²) in [5, 5.41) is 0.547. The second kappa shape index (κ2) is 5.98. The van der Waals surface area contributed by atoms with Crippen LogP contribution in [0, 0.1) is 0 Å². The molecule has 0 bridgehead atoms. The van der Waals surface area contributed by atoms with Crippen LogP contribution in [0.5, 0.6) is 0 Å². The monoisotopic (exact) mass is 300 g/mol. The minimum atomic E-state index is -0.571. The summed E-state index contributed by atoms with van der Waals surface area (Å²) in [6.45, 7) is 4.84. The Morgan fingerprint density at radius 3 is 2.55 bits per heavy atom. The summed E-state index contributed by atoms with van der Waals surface area (Å²) in [7, 11) is 2.06. The van der Waals surface area contributed by atoms with Gasteiger partial charge in [-0.15, -0.1) is 0 Å². The molecule has 1 saturated heterocycles. The molecule has 116 valence electrons. The number of carbonyl (C=O) groups excluding carboxylic acids is 1. The standard InChI is InChI=1S/C16H20N4O2/c1-12(21)15(19-9-7-18(2)8-10-19)20-11-17-14-6-4-3-5-13(14)16(20)22/h3-6,11,15H,7-10H2,1-2H3. The first-order valence-corrected chi connectivity index (χ1v) is 7.47. The lowest BCUT2D eigenvalue weighted by Gasteiger charge is -2.37. The number of para-hydroxylation sites is 1. The van der Waals surface area contributed by atoms with E-state index in [0.29, 0.717) is 10.9 Å². The topological polar surface area (TPSA) is 58.4 Å². The van der Waals surface area contributed by atoms with Gasteiger partial charge in [-0.05, 0) is 26.1 Å². The van der Waals surface area contributed by atoms with Crippen molar-refractivity contribution in [3.05, 3.63) is 40.9 Å². The van der Waals surface area contributed by atoms with Gasteiger partial charge in [0.2, 0.25) is 0 Å². The molecule has 1 aromatic carbocycles. The summed E-state index contributed by atoms with van der Waals surface area (Å²) >= 11 is 0. The molecule has 1 atom stereocenters. The summed E-state index contributed by atoms with van der Waals surface area (Å²) in [6.07, 6.45) is 0.924. The molecule has 2 heterocycles. The van der Waals surface area contributed by atoms with Crippen LogP contribution < -0.4 is 5.56 Å². The molecule has 0 radical (unpaired) electrons. The van der Waals surface area contributed by atoms with Crippen LogP contribution in [0.15, 0.2) is 35.4 Å². The molecule has 1 unspecified atom stereocenters. The number of rotatable bonds is 3. The summed E-state index contributed by atoms with van der Waals surface area (Å²) in [6, 6.07) is 7.22. The fraction of sp³-hybridized carbons (Fsp3) is 0.438. The molecule has 0 spiro atoms. The summed E-state index contributed by atoms with van der Waals surface area (Å²) in [5.41, 5.74) is 0.495. The Labute approximate surface area is 129 Å². The molecule has 2 aromatic rings. The normalized spacial score (nSPS) is 18.5. The number of carbonyl (C=O) groups is 1. The van der Waals surface area contributed by atoms with Crippen LogP contribution in [0.25, 0.3) is 10.9 Å². The van der Waals surface area contributed by atoms with E-state index in [1.165, 1.54) is 17.8 Å². The number of hydrogen-bond acceptors (Lipinski definition) is 5. The molecule has 1 aliphatic rings. The number of hydrogen-bond donors (Lipinski definition) is 0. The first-order chi connectivity index (χ1) is 10.6. The Balaban J connectivity index is 2.04. The summed E-state index contributed by atoms with van der Waals surface area (Å²) in [4.78, 5) is 33.5. The fourth-order valence-electron chi connectivity index (χ4n) is 2.95. The summed E-state index contributed by atoms with van der Waals surface area (Å²) in [5.74, 6) is -0.0382. The summed E-state index contributed by atoms with van der Waals surface area (Å²) < 4.78 is 1.47. The average Bonchev–Trinajstić information content (AvgIpc) is 2.52. The molecule has 0 amide bonds. The van der Waals surface area contributed by atoms with Crippen molar-refractivity contribution in [2.75, 3.05) is 33.2 Å². The van der Waals surface area contributed by atoms with Crippen molar-refractivity contribution in [2.24, 2.45) is 0 Å². The van der Waals surface area contributed by atoms with Crippen molar-refractivity contribution < 1.29 is 4.79 Å². The minimum Gasteiger partial charge on any atom is -0.304 e. The lowest BCUT2D eigenvalue weighted by molar-refractivity contribution is -0.126. The maximum atomic E-state index is 12.7. The van der Waals surface area contributed by atoms with Crippen LogP contribution in [0.3, 0.4) is 0 Å². The number of likely N-dealkylation sites (N-methyl/N-ethyl adjacent to an activating group) is 1. The van der Waals surface area contributed by atoms with Crippen LogP contribution in [-0.4, -0.2) is 58.4 Å². The van der Waals surface area contributed by atoms with E-state index < -0.39 is 6.17 Å². The van der Waals surface area contributed by atoms with Crippen LogP contribution >= 0.6 is 0 Å². The Morgan fingerprint density at radius 2 is 1.86 bits per heavy atom. The Kier molecular flexibility index (Phi) is 4.04. The largest absolute Gasteiger partial charge is 0.304 e. The van der Waals surface area contributed by atoms with Crippen LogP contribution in [0.1, 0.15) is 13.1 Å². The molecule has 3 rings (SSSR count). The second-order valence-corrected chi connectivity index (χ2v) is 5.80. The van der Waals surface area contributed by atoms with E-state index in [2.05, 4.69) is 21.8 Å². The molecule has 0 aliphatic carbocycles. The number of Topliss-reactive ketones (excluding diaryl/α,β-unsaturated/α-hetero) is 1. The zero-order valence-corrected chi connectivity index (χ0v) is 12.9. The highest BCUT2D eigenvalue weighted by Crippen LogP contribution is 2.16. The number of benzene rings is 1. The van der Waals surface area contributed by atoms with Gasteiger partial charge in [-0.3, -0.25) is 19.1 Å². The predicted octanol–water partition coefficient (Wildman–Crippen LogP) is 0.731. The fourth-order valence-corrected chi connectivity index (χ4v) is 2.95. The van der Waals surface area contributed by atoms with Crippen molar-refractivity contribution in [3.8, 4) is 0 Å². The lowest BCUT2D eigenvalue weighted by Crippen LogP contribution is -2.50. The van der Waals surface area contributed by atoms with Gasteiger partial charge in [0.25, 0.3) is 5.56 Å². The molecule has 0 saturated carbocycles. The number of piperazine rings is 1. The number of fused-ring (bicyclic) bond motifs is 1. The van der Waals surface area contributed by atoms with Gasteiger partial charge >= 0.3 is 0 Å². The Bertz CT molecular complexity index is 747. The van der Waals surface area contributed by atoms with E-state index in [4.69, 9.17) is 0 Å². The minimum absolute atomic E-state index is 0.0382. The van der Waals surface area contributed by atoms with Gasteiger partial charge in [-0.1, -0.05) is 12.1 Å². The van der Waals surface area contributed by atoms with Gasteiger partial charge in [0.15, 0.2) is 11.9 Å². The Hall–Kier alpha value is -2.05. The van der Waals surface area contributed by atoms with Gasteiger partial charge in [-0.2, -0.15) is 0 Å². The Morgan fingerprint density at radius 1 is 1.18 bits per heavy atom. The molecule has 6 nitrogen and oxygen atoms in total. The van der Waals surface area contributed by atoms with Crippen molar-refractivity contribution in [1.29, 1.82) is 0 Å². The third-order valence-electron chi connectivity index (χ3n) is 4.20. The van der Waals surface area contributed by atoms with Gasteiger partial charge in [0.05, 0.1) is 17.2 Å². The molecule has 22 heavy (non-hydrogen) atoms. The van der Waals surface area contributed by atoms with Crippen LogP contribution in [0.2, 0.25) is 0 Å². The molecule has 1 aliphatic heterocycles. The highest BCUT2D eigenvalue weighted by atomic mass is 16.1. The maximum absolute atomic E-state index is 12.7. The number of aromatic nitrogens is 2. The maximum Gasteiger partial charge on any atom is 0.262 e. The van der Waals surface area contributed by atoms with E-state index in [9.17, 15) is 9.59 Å². The van der Waals surface area contributed by atoms with Crippen LogP contribution in [-0.2, 0) is 4.79 Å². The van der Waals surface area contributed by atoms with Gasteiger partial charge in [-0.25, -0.2) is 4.98 Å². The average molecular weight is 300 g/mol. The number of nitrogens with zero attached hydrogens (tertiary/aromatic N) is 4. The first-order valence-electron chi connectivity index (χ1n) is 7.47. The second-order valence-electron chi connectivity index (χ2n) is 5.80. The van der Waals surface area contributed by atoms with Crippen LogP contribution in [0.4, 0.5) is 0 Å². The predicted molar refractivity (Wildman–Crippen MR) is 84.8 cm³/mol. The highest BCUT2D eigenvalue weighted by Gasteiger charge is 2.28.